The Morgan fingerprint density at radius 3 is 2.09 bits per heavy atom. The van der Waals surface area contributed by atoms with Crippen LogP contribution in [0, 0.1) is 0 Å². The maximum atomic E-state index is 12.9. The molecule has 174 valence electrons. The highest BCUT2D eigenvalue weighted by molar-refractivity contribution is 6.30. The minimum absolute atomic E-state index is 0.108. The molecule has 4 rings (SSSR count). The van der Waals surface area contributed by atoms with E-state index >= 15 is 0 Å². The van der Waals surface area contributed by atoms with Gasteiger partial charge in [0, 0.05) is 16.6 Å². The molecule has 0 aliphatic heterocycles. The van der Waals surface area contributed by atoms with Gasteiger partial charge in [-0.1, -0.05) is 60.1 Å². The fourth-order valence-corrected chi connectivity index (χ4v) is 4.29. The first-order valence-electron chi connectivity index (χ1n) is 10.8. The van der Waals surface area contributed by atoms with Crippen molar-refractivity contribution in [3.8, 4) is 11.1 Å². The number of alkyl carbamates (subject to hydrolysis) is 1. The summed E-state index contributed by atoms with van der Waals surface area (Å²) >= 11 is 5.89. The molecule has 1 aliphatic rings. The van der Waals surface area contributed by atoms with Gasteiger partial charge >= 0.3 is 12.1 Å². The van der Waals surface area contributed by atoms with Crippen LogP contribution in [-0.2, 0) is 14.3 Å². The van der Waals surface area contributed by atoms with Gasteiger partial charge in [-0.15, -0.1) is 0 Å². The number of hydrogen-bond donors (Lipinski definition) is 2. The number of halogens is 1. The molecule has 7 nitrogen and oxygen atoms in total. The predicted molar refractivity (Wildman–Crippen MR) is 129 cm³/mol. The highest BCUT2D eigenvalue weighted by Gasteiger charge is 2.30. The third-order valence-corrected chi connectivity index (χ3v) is 6.00. The van der Waals surface area contributed by atoms with Gasteiger partial charge in [-0.05, 0) is 53.4 Å². The second-order valence-electron chi connectivity index (χ2n) is 7.99. The number of benzene rings is 3. The minimum Gasteiger partial charge on any atom is -0.480 e. The van der Waals surface area contributed by atoms with Gasteiger partial charge in [-0.2, -0.15) is 0 Å². The van der Waals surface area contributed by atoms with E-state index in [1.807, 2.05) is 48.5 Å². The lowest BCUT2D eigenvalue weighted by Crippen LogP contribution is -2.49. The Kier molecular flexibility index (Phi) is 6.84. The lowest BCUT2D eigenvalue weighted by atomic mass is 9.98. The van der Waals surface area contributed by atoms with Crippen LogP contribution in [0.1, 0.15) is 24.0 Å². The summed E-state index contributed by atoms with van der Waals surface area (Å²) in [7, 11) is 0. The lowest BCUT2D eigenvalue weighted by Gasteiger charge is -2.25. The summed E-state index contributed by atoms with van der Waals surface area (Å²) in [6.07, 6.45) is -0.755. The summed E-state index contributed by atoms with van der Waals surface area (Å²) < 4.78 is 5.49. The second kappa shape index (κ2) is 9.97. The van der Waals surface area contributed by atoms with Crippen LogP contribution in [-0.4, -0.2) is 42.3 Å². The third-order valence-electron chi connectivity index (χ3n) is 5.75. The summed E-state index contributed by atoms with van der Waals surface area (Å²) in [6, 6.07) is 21.2. The van der Waals surface area contributed by atoms with E-state index in [4.69, 9.17) is 16.3 Å². The number of rotatable bonds is 7. The molecular weight excluding hydrogens is 456 g/mol. The van der Waals surface area contributed by atoms with Gasteiger partial charge in [0.2, 0.25) is 5.91 Å². The van der Waals surface area contributed by atoms with Crippen LogP contribution in [0.15, 0.2) is 72.8 Å². The molecule has 0 bridgehead atoms. The van der Waals surface area contributed by atoms with E-state index in [1.165, 1.54) is 6.92 Å². The zero-order valence-electron chi connectivity index (χ0n) is 18.4. The van der Waals surface area contributed by atoms with Crippen LogP contribution >= 0.6 is 11.6 Å². The highest BCUT2D eigenvalue weighted by atomic mass is 35.5. The van der Waals surface area contributed by atoms with Gasteiger partial charge in [0.25, 0.3) is 0 Å². The summed E-state index contributed by atoms with van der Waals surface area (Å²) in [4.78, 5) is 37.9. The first-order chi connectivity index (χ1) is 16.3. The number of carbonyl (C=O) groups excluding carboxylic acids is 2. The van der Waals surface area contributed by atoms with Crippen molar-refractivity contribution >= 4 is 35.3 Å². The molecule has 0 spiro atoms. The number of nitrogens with zero attached hydrogens (tertiary/aromatic N) is 1. The van der Waals surface area contributed by atoms with E-state index < -0.39 is 30.6 Å². The van der Waals surface area contributed by atoms with Gasteiger partial charge < -0.3 is 15.2 Å². The van der Waals surface area contributed by atoms with Gasteiger partial charge in [-0.25, -0.2) is 4.79 Å². The van der Waals surface area contributed by atoms with E-state index in [9.17, 15) is 19.5 Å². The molecule has 0 unspecified atom stereocenters. The normalized spacial score (nSPS) is 12.9. The van der Waals surface area contributed by atoms with Crippen molar-refractivity contribution in [3.05, 3.63) is 88.9 Å². The zero-order chi connectivity index (χ0) is 24.2. The Balaban J connectivity index is 1.42. The summed E-state index contributed by atoms with van der Waals surface area (Å²) in [6.45, 7) is 1.03. The maximum absolute atomic E-state index is 12.9. The zero-order valence-corrected chi connectivity index (χ0v) is 19.2. The Hall–Kier alpha value is -3.84. The number of nitrogens with one attached hydrogen (secondary N) is 1. The fourth-order valence-electron chi connectivity index (χ4n) is 4.17. The largest absolute Gasteiger partial charge is 0.480 e. The molecular formula is C26H23ClN2O5. The lowest BCUT2D eigenvalue weighted by molar-refractivity contribution is -0.136. The summed E-state index contributed by atoms with van der Waals surface area (Å²) in [5.74, 6) is -1.88. The molecule has 3 aromatic carbocycles. The van der Waals surface area contributed by atoms with E-state index in [0.29, 0.717) is 10.7 Å². The molecule has 2 N–H and O–H groups in total. The third kappa shape index (κ3) is 4.89. The molecule has 34 heavy (non-hydrogen) atoms. The van der Waals surface area contributed by atoms with Crippen molar-refractivity contribution in [2.45, 2.75) is 18.9 Å². The monoisotopic (exact) mass is 478 g/mol. The van der Waals surface area contributed by atoms with Gasteiger partial charge in [0.15, 0.2) is 0 Å². The molecule has 0 saturated heterocycles. The number of amides is 2. The molecule has 0 heterocycles. The van der Waals surface area contributed by atoms with Crippen LogP contribution < -0.4 is 10.2 Å². The van der Waals surface area contributed by atoms with E-state index in [2.05, 4.69) is 5.32 Å². The van der Waals surface area contributed by atoms with Crippen molar-refractivity contribution in [3.63, 3.8) is 0 Å². The first kappa shape index (κ1) is 23.3. The number of ether oxygens (including phenoxy) is 1. The highest BCUT2D eigenvalue weighted by Crippen LogP contribution is 2.44. The average molecular weight is 479 g/mol. The molecule has 0 aromatic heterocycles. The number of aliphatic carboxylic acids is 1. The molecule has 3 aromatic rings. The first-order valence-corrected chi connectivity index (χ1v) is 11.1. The maximum Gasteiger partial charge on any atom is 0.407 e. The van der Waals surface area contributed by atoms with Crippen molar-refractivity contribution < 1.29 is 24.2 Å². The Morgan fingerprint density at radius 1 is 0.971 bits per heavy atom. The molecule has 0 fully saturated rings. The van der Waals surface area contributed by atoms with Crippen LogP contribution in [0.5, 0.6) is 0 Å². The van der Waals surface area contributed by atoms with Crippen molar-refractivity contribution in [2.75, 3.05) is 18.1 Å². The number of carboxylic acid groups (broad SMARTS) is 1. The molecule has 1 atom stereocenters. The average Bonchev–Trinajstić information content (AvgIpc) is 3.15. The SMILES string of the molecule is C[C@@H](NC(=O)OCC1c2ccccc2-c2ccccc21)C(=O)N(CC(=O)O)c1ccc(Cl)cc1. The fraction of sp³-hybridized carbons (Fsp3) is 0.192. The molecule has 8 heteroatoms. The topological polar surface area (TPSA) is 95.9 Å². The van der Waals surface area contributed by atoms with Crippen LogP contribution in [0.25, 0.3) is 11.1 Å². The van der Waals surface area contributed by atoms with Crippen molar-refractivity contribution in [2.24, 2.45) is 0 Å². The van der Waals surface area contributed by atoms with Crippen LogP contribution in [0.4, 0.5) is 10.5 Å². The quantitative estimate of drug-likeness (QED) is 0.513. The van der Waals surface area contributed by atoms with Gasteiger partial charge in [0.05, 0.1) is 0 Å². The molecule has 2 amide bonds. The van der Waals surface area contributed by atoms with E-state index in [0.717, 1.165) is 27.2 Å². The van der Waals surface area contributed by atoms with Crippen molar-refractivity contribution in [1.82, 2.24) is 5.32 Å². The van der Waals surface area contributed by atoms with Crippen LogP contribution in [0.2, 0.25) is 5.02 Å². The van der Waals surface area contributed by atoms with Crippen molar-refractivity contribution in [1.29, 1.82) is 0 Å². The molecule has 1 aliphatic carbocycles. The van der Waals surface area contributed by atoms with E-state index in [-0.39, 0.29) is 12.5 Å². The van der Waals surface area contributed by atoms with E-state index in [1.54, 1.807) is 24.3 Å². The Morgan fingerprint density at radius 2 is 1.53 bits per heavy atom. The Bertz CT molecular complexity index is 1180. The minimum atomic E-state index is -1.18. The molecule has 0 radical (unpaired) electrons. The summed E-state index contributed by atoms with van der Waals surface area (Å²) in [5, 5.41) is 12.2. The number of carboxylic acids is 1. The predicted octanol–water partition coefficient (Wildman–Crippen LogP) is 4.68. The number of fused-ring (bicyclic) bond motifs is 3. The van der Waals surface area contributed by atoms with Gasteiger partial charge in [-0.3, -0.25) is 14.5 Å². The summed E-state index contributed by atoms with van der Waals surface area (Å²) in [5.41, 5.74) is 4.75. The smallest absolute Gasteiger partial charge is 0.407 e. The van der Waals surface area contributed by atoms with Crippen LogP contribution in [0.3, 0.4) is 0 Å². The number of hydrogen-bond acceptors (Lipinski definition) is 4. The van der Waals surface area contributed by atoms with Gasteiger partial charge in [0.1, 0.15) is 19.2 Å². The standard InChI is InChI=1S/C26H23ClN2O5/c1-16(25(32)29(14-24(30)31)18-12-10-17(27)11-13-18)28-26(33)34-15-23-21-8-4-2-6-19(21)20-7-3-5-9-22(20)23/h2-13,16,23H,14-15H2,1H3,(H,28,33)(H,30,31)/t16-/m1/s1. The second-order valence-corrected chi connectivity index (χ2v) is 8.42. The number of anilines is 1. The Labute approximate surface area is 201 Å². The number of carbonyl (C=O) groups is 3. The molecule has 0 saturated carbocycles.